The van der Waals surface area contributed by atoms with E-state index in [1.807, 2.05) is 0 Å². The van der Waals surface area contributed by atoms with Gasteiger partial charge in [0, 0.05) is 29.8 Å². The van der Waals surface area contributed by atoms with Crippen LogP contribution in [0.1, 0.15) is 30.7 Å². The van der Waals surface area contributed by atoms with Crippen molar-refractivity contribution in [2.24, 2.45) is 5.73 Å². The van der Waals surface area contributed by atoms with Gasteiger partial charge in [0.1, 0.15) is 11.6 Å². The number of methoxy groups -OCH3 is 1. The van der Waals surface area contributed by atoms with Gasteiger partial charge in [-0.3, -0.25) is 19.8 Å². The predicted octanol–water partition coefficient (Wildman–Crippen LogP) is 3.69. The molecule has 0 radical (unpaired) electrons. The Morgan fingerprint density at radius 2 is 1.88 bits per heavy atom. The van der Waals surface area contributed by atoms with Crippen LogP contribution in [0, 0.1) is 15.9 Å². The molecule has 0 bridgehead atoms. The largest absolute Gasteiger partial charge is 0.466 e. The summed E-state index contributed by atoms with van der Waals surface area (Å²) in [6.45, 7) is 0. The lowest BCUT2D eigenvalue weighted by Crippen LogP contribution is -2.41. The van der Waals surface area contributed by atoms with Crippen molar-refractivity contribution in [1.29, 1.82) is 0 Å². The van der Waals surface area contributed by atoms with Crippen molar-refractivity contribution in [2.45, 2.75) is 25.2 Å². The zero-order valence-electron chi connectivity index (χ0n) is 17.2. The van der Waals surface area contributed by atoms with Gasteiger partial charge in [0.05, 0.1) is 29.2 Å². The zero-order valence-corrected chi connectivity index (χ0v) is 17.2. The number of allylic oxidation sites excluding steroid dienone is 2. The fourth-order valence-electron chi connectivity index (χ4n) is 4.33. The molecule has 8 nitrogen and oxygen atoms in total. The van der Waals surface area contributed by atoms with Gasteiger partial charge in [-0.15, -0.1) is 0 Å². The monoisotopic (exact) mass is 437 g/mol. The number of hydrogen-bond acceptors (Lipinski definition) is 7. The molecule has 1 aliphatic heterocycles. The molecule has 1 atom stereocenters. The summed E-state index contributed by atoms with van der Waals surface area (Å²) in [4.78, 5) is 37.9. The summed E-state index contributed by atoms with van der Waals surface area (Å²) in [5.41, 5.74) is 7.74. The number of hydrogen-bond donors (Lipinski definition) is 1. The Bertz CT molecular complexity index is 1190. The lowest BCUT2D eigenvalue weighted by molar-refractivity contribution is -0.384. The van der Waals surface area contributed by atoms with Crippen LogP contribution in [0.25, 0.3) is 0 Å². The Labute approximate surface area is 182 Å². The van der Waals surface area contributed by atoms with Crippen molar-refractivity contribution in [3.63, 3.8) is 0 Å². The third-order valence-corrected chi connectivity index (χ3v) is 5.73. The molecule has 32 heavy (non-hydrogen) atoms. The molecule has 2 N–H and O–H groups in total. The first-order valence-electron chi connectivity index (χ1n) is 9.98. The molecule has 164 valence electrons. The van der Waals surface area contributed by atoms with Crippen LogP contribution in [0.5, 0.6) is 0 Å². The lowest BCUT2D eigenvalue weighted by atomic mass is 9.75. The van der Waals surface area contributed by atoms with E-state index in [0.717, 1.165) is 0 Å². The highest BCUT2D eigenvalue weighted by molar-refractivity contribution is 6.05. The summed E-state index contributed by atoms with van der Waals surface area (Å²) >= 11 is 0. The topological polar surface area (TPSA) is 116 Å². The van der Waals surface area contributed by atoms with Gasteiger partial charge >= 0.3 is 5.97 Å². The van der Waals surface area contributed by atoms with Gasteiger partial charge in [-0.1, -0.05) is 24.3 Å². The first kappa shape index (κ1) is 21.2. The number of nitrogens with two attached hydrogens (primary N) is 1. The van der Waals surface area contributed by atoms with E-state index in [-0.39, 0.29) is 35.0 Å². The van der Waals surface area contributed by atoms with E-state index in [9.17, 15) is 24.1 Å². The molecular formula is C23H20FN3O5. The average Bonchev–Trinajstić information content (AvgIpc) is 2.79. The predicted molar refractivity (Wildman–Crippen MR) is 114 cm³/mol. The first-order valence-corrected chi connectivity index (χ1v) is 9.98. The molecular weight excluding hydrogens is 417 g/mol. The van der Waals surface area contributed by atoms with Gasteiger partial charge in [0.2, 0.25) is 0 Å². The molecule has 0 spiro atoms. The standard InChI is InChI=1S/C23H20FN3O5/c1-32-23(29)21-19(13-9-11-14(12-10-13)27(30)31)20-17(7-4-8-18(20)28)26(22(21)25)16-6-3-2-5-15(16)24/h2-3,5-6,9-12,19H,4,7-8,25H2,1H3. The minimum atomic E-state index is -0.880. The number of esters is 1. The molecule has 1 aliphatic carbocycles. The molecule has 0 saturated heterocycles. The molecule has 9 heteroatoms. The second-order valence-corrected chi connectivity index (χ2v) is 7.50. The van der Waals surface area contributed by atoms with Gasteiger partial charge in [-0.25, -0.2) is 9.18 Å². The highest BCUT2D eigenvalue weighted by atomic mass is 19.1. The third kappa shape index (κ3) is 3.41. The number of anilines is 1. The van der Waals surface area contributed by atoms with Crippen LogP contribution >= 0.6 is 0 Å². The van der Waals surface area contributed by atoms with Gasteiger partial charge in [-0.2, -0.15) is 0 Å². The van der Waals surface area contributed by atoms with Crippen LogP contribution in [0.15, 0.2) is 71.2 Å². The van der Waals surface area contributed by atoms with Crippen molar-refractivity contribution < 1.29 is 23.6 Å². The SMILES string of the molecule is COC(=O)C1=C(N)N(c2ccccc2F)C2=C(C(=O)CCC2)C1c1ccc([N+](=O)[O-])cc1. The van der Waals surface area contributed by atoms with E-state index >= 15 is 0 Å². The molecule has 2 aliphatic rings. The molecule has 0 aromatic heterocycles. The van der Waals surface area contributed by atoms with Gasteiger partial charge in [0.25, 0.3) is 5.69 Å². The van der Waals surface area contributed by atoms with Gasteiger partial charge in [0.15, 0.2) is 5.78 Å². The number of ketones is 1. The van der Waals surface area contributed by atoms with Crippen LogP contribution in [0.2, 0.25) is 0 Å². The van der Waals surface area contributed by atoms with Crippen molar-refractivity contribution in [3.05, 3.63) is 92.7 Å². The first-order chi connectivity index (χ1) is 15.3. The van der Waals surface area contributed by atoms with Gasteiger partial charge in [-0.05, 0) is 30.5 Å². The van der Waals surface area contributed by atoms with E-state index in [2.05, 4.69) is 0 Å². The quantitative estimate of drug-likeness (QED) is 0.441. The third-order valence-electron chi connectivity index (χ3n) is 5.73. The molecule has 2 aromatic carbocycles. The molecule has 2 aromatic rings. The van der Waals surface area contributed by atoms with Crippen LogP contribution in [0.4, 0.5) is 15.8 Å². The number of para-hydroxylation sites is 1. The molecule has 0 fully saturated rings. The number of nitrogens with zero attached hydrogens (tertiary/aromatic N) is 2. The lowest BCUT2D eigenvalue weighted by Gasteiger charge is -2.40. The Kier molecular flexibility index (Phi) is 5.48. The van der Waals surface area contributed by atoms with Crippen molar-refractivity contribution in [2.75, 3.05) is 12.0 Å². The maximum Gasteiger partial charge on any atom is 0.338 e. The number of carbonyl (C=O) groups is 2. The number of non-ortho nitro benzene ring substituents is 1. The van der Waals surface area contributed by atoms with Crippen LogP contribution in [-0.2, 0) is 14.3 Å². The van der Waals surface area contributed by atoms with Crippen LogP contribution in [-0.4, -0.2) is 23.8 Å². The molecule has 1 unspecified atom stereocenters. The summed E-state index contributed by atoms with van der Waals surface area (Å²) in [5, 5.41) is 11.1. The smallest absolute Gasteiger partial charge is 0.338 e. The maximum atomic E-state index is 14.7. The number of halogens is 1. The highest BCUT2D eigenvalue weighted by Crippen LogP contribution is 2.47. The number of carbonyl (C=O) groups excluding carboxylic acids is 2. The number of nitro benzene ring substituents is 1. The molecule has 4 rings (SSSR count). The number of Topliss-reactive ketones (excluding diaryl/α,β-unsaturated/α-hetero) is 1. The fraction of sp³-hybridized carbons (Fsp3) is 0.217. The fourth-order valence-corrected chi connectivity index (χ4v) is 4.33. The molecule has 0 saturated carbocycles. The summed E-state index contributed by atoms with van der Waals surface area (Å²) < 4.78 is 19.7. The minimum Gasteiger partial charge on any atom is -0.466 e. The average molecular weight is 437 g/mol. The molecule has 1 heterocycles. The van der Waals surface area contributed by atoms with Crippen molar-refractivity contribution in [3.8, 4) is 0 Å². The van der Waals surface area contributed by atoms with Crippen molar-refractivity contribution >= 4 is 23.1 Å². The Morgan fingerprint density at radius 1 is 1.19 bits per heavy atom. The van der Waals surface area contributed by atoms with E-state index in [4.69, 9.17) is 10.5 Å². The Morgan fingerprint density at radius 3 is 2.50 bits per heavy atom. The Balaban J connectivity index is 1.99. The van der Waals surface area contributed by atoms with Gasteiger partial charge < -0.3 is 10.5 Å². The molecule has 0 amide bonds. The number of benzene rings is 2. The van der Waals surface area contributed by atoms with Crippen molar-refractivity contribution in [1.82, 2.24) is 0 Å². The second kappa shape index (κ2) is 8.26. The summed E-state index contributed by atoms with van der Waals surface area (Å²) in [7, 11) is 1.19. The second-order valence-electron chi connectivity index (χ2n) is 7.50. The summed E-state index contributed by atoms with van der Waals surface area (Å²) in [6.07, 6.45) is 1.27. The number of ether oxygens (including phenoxy) is 1. The van der Waals surface area contributed by atoms with Crippen LogP contribution < -0.4 is 10.6 Å². The minimum absolute atomic E-state index is 0.0152. The van der Waals surface area contributed by atoms with E-state index in [0.29, 0.717) is 29.7 Å². The number of rotatable bonds is 4. The maximum absolute atomic E-state index is 14.7. The normalized spacial score (nSPS) is 18.5. The van der Waals surface area contributed by atoms with Crippen LogP contribution in [0.3, 0.4) is 0 Å². The Hall–Kier alpha value is -4.01. The zero-order chi connectivity index (χ0) is 23.0. The number of nitro groups is 1. The highest BCUT2D eigenvalue weighted by Gasteiger charge is 2.43. The van der Waals surface area contributed by atoms with E-state index in [1.165, 1.54) is 54.5 Å². The summed E-state index contributed by atoms with van der Waals surface area (Å²) in [5.74, 6) is -2.44. The summed E-state index contributed by atoms with van der Waals surface area (Å²) in [6, 6.07) is 11.5. The van der Waals surface area contributed by atoms with E-state index < -0.39 is 22.6 Å². The van der Waals surface area contributed by atoms with E-state index in [1.54, 1.807) is 6.07 Å².